The SMILES string of the molecule is CCc1ccc([C@@H](NCC(=O)N2CCc3ccccc32)c2cccs2)cc1. The molecule has 1 atom stereocenters. The Morgan fingerprint density at radius 3 is 2.67 bits per heavy atom. The van der Waals surface area contributed by atoms with Crippen molar-refractivity contribution in [1.29, 1.82) is 0 Å². The van der Waals surface area contributed by atoms with E-state index >= 15 is 0 Å². The Bertz CT molecular complexity index is 902. The molecule has 0 spiro atoms. The summed E-state index contributed by atoms with van der Waals surface area (Å²) in [6.45, 7) is 3.26. The molecule has 4 rings (SSSR count). The highest BCUT2D eigenvalue weighted by Crippen LogP contribution is 2.29. The number of hydrogen-bond donors (Lipinski definition) is 1. The fraction of sp³-hybridized carbons (Fsp3) is 0.261. The molecule has 0 fully saturated rings. The summed E-state index contributed by atoms with van der Waals surface area (Å²) >= 11 is 1.72. The third-order valence-corrected chi connectivity index (χ3v) is 6.13. The molecule has 27 heavy (non-hydrogen) atoms. The number of carbonyl (C=O) groups is 1. The summed E-state index contributed by atoms with van der Waals surface area (Å²) in [6, 6.07) is 21.1. The van der Waals surface area contributed by atoms with E-state index in [0.717, 1.165) is 25.1 Å². The van der Waals surface area contributed by atoms with Crippen LogP contribution in [0.15, 0.2) is 66.0 Å². The van der Waals surface area contributed by atoms with E-state index < -0.39 is 0 Å². The predicted octanol–water partition coefficient (Wildman–Crippen LogP) is 4.58. The van der Waals surface area contributed by atoms with Crippen molar-refractivity contribution in [3.63, 3.8) is 0 Å². The number of amides is 1. The van der Waals surface area contributed by atoms with Crippen molar-refractivity contribution in [1.82, 2.24) is 5.32 Å². The number of hydrogen-bond acceptors (Lipinski definition) is 3. The summed E-state index contributed by atoms with van der Waals surface area (Å²) in [7, 11) is 0. The minimum Gasteiger partial charge on any atom is -0.311 e. The van der Waals surface area contributed by atoms with Crippen LogP contribution in [0.4, 0.5) is 5.69 Å². The number of para-hydroxylation sites is 1. The van der Waals surface area contributed by atoms with Gasteiger partial charge < -0.3 is 4.90 Å². The third kappa shape index (κ3) is 3.82. The number of aryl methyl sites for hydroxylation is 1. The van der Waals surface area contributed by atoms with Crippen LogP contribution in [-0.4, -0.2) is 19.0 Å². The Hall–Kier alpha value is -2.43. The van der Waals surface area contributed by atoms with E-state index in [4.69, 9.17) is 0 Å². The van der Waals surface area contributed by atoms with Crippen LogP contribution in [0.5, 0.6) is 0 Å². The van der Waals surface area contributed by atoms with Crippen LogP contribution in [0, 0.1) is 0 Å². The second-order valence-corrected chi connectivity index (χ2v) is 7.83. The first-order valence-electron chi connectivity index (χ1n) is 9.50. The van der Waals surface area contributed by atoms with Crippen molar-refractivity contribution in [2.75, 3.05) is 18.0 Å². The summed E-state index contributed by atoms with van der Waals surface area (Å²) in [6.07, 6.45) is 1.97. The van der Waals surface area contributed by atoms with Crippen LogP contribution in [0.1, 0.15) is 34.5 Å². The molecule has 3 aromatic rings. The molecule has 1 aliphatic rings. The van der Waals surface area contributed by atoms with Gasteiger partial charge in [-0.1, -0.05) is 55.5 Å². The van der Waals surface area contributed by atoms with E-state index in [1.807, 2.05) is 23.1 Å². The Morgan fingerprint density at radius 1 is 1.11 bits per heavy atom. The first-order chi connectivity index (χ1) is 13.3. The highest BCUT2D eigenvalue weighted by atomic mass is 32.1. The van der Waals surface area contributed by atoms with E-state index in [1.54, 1.807) is 11.3 Å². The van der Waals surface area contributed by atoms with Gasteiger partial charge in [-0.25, -0.2) is 0 Å². The fourth-order valence-corrected chi connectivity index (χ4v) is 4.49. The molecule has 1 N–H and O–H groups in total. The van der Waals surface area contributed by atoms with Gasteiger partial charge in [0.15, 0.2) is 0 Å². The van der Waals surface area contributed by atoms with Gasteiger partial charge >= 0.3 is 0 Å². The maximum Gasteiger partial charge on any atom is 0.240 e. The molecule has 1 amide bonds. The zero-order valence-corrected chi connectivity index (χ0v) is 16.3. The number of benzene rings is 2. The second kappa shape index (κ2) is 8.07. The summed E-state index contributed by atoms with van der Waals surface area (Å²) < 4.78 is 0. The molecule has 0 saturated heterocycles. The topological polar surface area (TPSA) is 32.3 Å². The smallest absolute Gasteiger partial charge is 0.240 e. The number of nitrogens with zero attached hydrogens (tertiary/aromatic N) is 1. The molecule has 0 unspecified atom stereocenters. The fourth-order valence-electron chi connectivity index (χ4n) is 3.67. The Kier molecular flexibility index (Phi) is 5.37. The lowest BCUT2D eigenvalue weighted by Crippen LogP contribution is -2.38. The predicted molar refractivity (Wildman–Crippen MR) is 112 cm³/mol. The molecular formula is C23H24N2OS. The van der Waals surface area contributed by atoms with Crippen LogP contribution in [-0.2, 0) is 17.6 Å². The standard InChI is InChI=1S/C23H24N2OS/c1-2-17-9-11-19(12-10-17)23(21-8-5-15-27-21)24-16-22(26)25-14-13-18-6-3-4-7-20(18)25/h3-12,15,23-24H,2,13-14,16H2,1H3/t23-/m1/s1. The monoisotopic (exact) mass is 376 g/mol. The zero-order valence-electron chi connectivity index (χ0n) is 15.5. The Labute approximate surface area is 164 Å². The van der Waals surface area contributed by atoms with Crippen molar-refractivity contribution in [2.45, 2.75) is 25.8 Å². The molecular weight excluding hydrogens is 352 g/mol. The summed E-state index contributed by atoms with van der Waals surface area (Å²) in [4.78, 5) is 16.0. The minimum atomic E-state index is 0.0395. The number of fused-ring (bicyclic) bond motifs is 1. The van der Waals surface area contributed by atoms with Gasteiger partial charge in [0.2, 0.25) is 5.91 Å². The van der Waals surface area contributed by atoms with Crippen LogP contribution < -0.4 is 10.2 Å². The molecule has 138 valence electrons. The van der Waals surface area contributed by atoms with E-state index in [9.17, 15) is 4.79 Å². The van der Waals surface area contributed by atoms with Gasteiger partial charge in [-0.15, -0.1) is 11.3 Å². The molecule has 2 aromatic carbocycles. The zero-order chi connectivity index (χ0) is 18.6. The highest BCUT2D eigenvalue weighted by Gasteiger charge is 2.25. The third-order valence-electron chi connectivity index (χ3n) is 5.19. The van der Waals surface area contributed by atoms with E-state index in [1.165, 1.54) is 21.6 Å². The van der Waals surface area contributed by atoms with Crippen LogP contribution in [0.2, 0.25) is 0 Å². The molecule has 4 heteroatoms. The summed E-state index contributed by atoms with van der Waals surface area (Å²) in [5, 5.41) is 5.59. The van der Waals surface area contributed by atoms with Crippen LogP contribution in [0.25, 0.3) is 0 Å². The van der Waals surface area contributed by atoms with Gasteiger partial charge in [0, 0.05) is 17.1 Å². The number of anilines is 1. The first kappa shape index (κ1) is 18.0. The number of rotatable bonds is 6. The van der Waals surface area contributed by atoms with Crippen molar-refractivity contribution in [3.05, 3.63) is 87.6 Å². The largest absolute Gasteiger partial charge is 0.311 e. The van der Waals surface area contributed by atoms with Gasteiger partial charge in [-0.05, 0) is 47.0 Å². The lowest BCUT2D eigenvalue weighted by Gasteiger charge is -2.22. The molecule has 1 aromatic heterocycles. The Balaban J connectivity index is 1.50. The average molecular weight is 377 g/mol. The molecule has 0 radical (unpaired) electrons. The lowest BCUT2D eigenvalue weighted by molar-refractivity contribution is -0.117. The van der Waals surface area contributed by atoms with Gasteiger partial charge in [0.05, 0.1) is 12.6 Å². The van der Waals surface area contributed by atoms with Crippen molar-refractivity contribution in [2.24, 2.45) is 0 Å². The van der Waals surface area contributed by atoms with Gasteiger partial charge in [-0.3, -0.25) is 10.1 Å². The summed E-state index contributed by atoms with van der Waals surface area (Å²) in [5.74, 6) is 0.131. The van der Waals surface area contributed by atoms with Crippen LogP contribution in [0.3, 0.4) is 0 Å². The van der Waals surface area contributed by atoms with Gasteiger partial charge in [0.1, 0.15) is 0 Å². The minimum absolute atomic E-state index is 0.0395. The lowest BCUT2D eigenvalue weighted by atomic mass is 10.0. The molecule has 1 aliphatic heterocycles. The van der Waals surface area contributed by atoms with E-state index in [2.05, 4.69) is 60.1 Å². The molecule has 0 saturated carbocycles. The van der Waals surface area contributed by atoms with Gasteiger partial charge in [-0.2, -0.15) is 0 Å². The highest BCUT2D eigenvalue weighted by molar-refractivity contribution is 7.10. The normalized spacial score (nSPS) is 14.2. The molecule has 3 nitrogen and oxygen atoms in total. The molecule has 0 aliphatic carbocycles. The van der Waals surface area contributed by atoms with Crippen LogP contribution >= 0.6 is 11.3 Å². The van der Waals surface area contributed by atoms with Crippen molar-refractivity contribution >= 4 is 22.9 Å². The maximum atomic E-state index is 12.9. The van der Waals surface area contributed by atoms with E-state index in [0.29, 0.717) is 6.54 Å². The van der Waals surface area contributed by atoms with Crippen molar-refractivity contribution < 1.29 is 4.79 Å². The van der Waals surface area contributed by atoms with Gasteiger partial charge in [0.25, 0.3) is 0 Å². The number of nitrogens with one attached hydrogen (secondary N) is 1. The average Bonchev–Trinajstić information content (AvgIpc) is 3.38. The van der Waals surface area contributed by atoms with E-state index in [-0.39, 0.29) is 11.9 Å². The number of thiophene rings is 1. The quantitative estimate of drug-likeness (QED) is 0.683. The van der Waals surface area contributed by atoms with Crippen molar-refractivity contribution in [3.8, 4) is 0 Å². The molecule has 0 bridgehead atoms. The maximum absolute atomic E-state index is 12.9. The molecule has 2 heterocycles. The number of carbonyl (C=O) groups excluding carboxylic acids is 1. The first-order valence-corrected chi connectivity index (χ1v) is 10.4. The Morgan fingerprint density at radius 2 is 1.93 bits per heavy atom. The summed E-state index contributed by atoms with van der Waals surface area (Å²) in [5.41, 5.74) is 4.85. The second-order valence-electron chi connectivity index (χ2n) is 6.85.